The minimum Gasteiger partial charge on any atom is -0.456 e. The van der Waals surface area contributed by atoms with Gasteiger partial charge in [0.25, 0.3) is 0 Å². The molecule has 0 radical (unpaired) electrons. The number of benzene rings is 8. The second kappa shape index (κ2) is 11.6. The fourth-order valence-corrected chi connectivity index (χ4v) is 12.9. The molecule has 0 unspecified atom stereocenters. The second-order valence-electron chi connectivity index (χ2n) is 19.9. The lowest BCUT2D eigenvalue weighted by Gasteiger charge is -2.33. The molecule has 0 atom stereocenters. The van der Waals surface area contributed by atoms with Crippen LogP contribution >= 0.6 is 0 Å². The highest BCUT2D eigenvalue weighted by molar-refractivity contribution is 6.07. The second-order valence-corrected chi connectivity index (χ2v) is 19.9. The molecule has 0 amide bonds. The van der Waals surface area contributed by atoms with Gasteiger partial charge >= 0.3 is 0 Å². The van der Waals surface area contributed by atoms with Crippen molar-refractivity contribution in [3.8, 4) is 33.4 Å². The molecule has 294 valence electrons. The zero-order valence-electron chi connectivity index (χ0n) is 35.7. The summed E-state index contributed by atoms with van der Waals surface area (Å²) in [5.74, 6) is 0. The number of fused-ring (bicyclic) bond motifs is 17. The number of rotatable bonds is 3. The van der Waals surface area contributed by atoms with E-state index < -0.39 is 5.41 Å². The lowest BCUT2D eigenvalue weighted by atomic mass is 9.70. The van der Waals surface area contributed by atoms with E-state index in [1.54, 1.807) is 0 Å². The first-order chi connectivity index (χ1) is 29.5. The van der Waals surface area contributed by atoms with E-state index in [4.69, 9.17) is 4.42 Å². The van der Waals surface area contributed by atoms with Crippen LogP contribution in [0.25, 0.3) is 55.3 Å². The largest absolute Gasteiger partial charge is 0.456 e. The third-order valence-electron chi connectivity index (χ3n) is 15.3. The Morgan fingerprint density at radius 3 is 1.62 bits per heavy atom. The molecule has 0 saturated heterocycles. The van der Waals surface area contributed by atoms with Crippen molar-refractivity contribution >= 4 is 39.0 Å². The van der Waals surface area contributed by atoms with Crippen LogP contribution in [0, 0.1) is 0 Å². The first-order valence-corrected chi connectivity index (χ1v) is 22.0. The molecule has 1 spiro atoms. The van der Waals surface area contributed by atoms with Crippen molar-refractivity contribution in [2.24, 2.45) is 0 Å². The van der Waals surface area contributed by atoms with Gasteiger partial charge in [0.2, 0.25) is 0 Å². The first-order valence-electron chi connectivity index (χ1n) is 22.0. The zero-order valence-corrected chi connectivity index (χ0v) is 35.7. The van der Waals surface area contributed by atoms with Gasteiger partial charge in [0, 0.05) is 33.1 Å². The molecule has 1 heterocycles. The predicted molar refractivity (Wildman–Crippen MR) is 253 cm³/mol. The van der Waals surface area contributed by atoms with E-state index in [9.17, 15) is 0 Å². The van der Waals surface area contributed by atoms with Gasteiger partial charge in [-0.3, -0.25) is 0 Å². The predicted octanol–water partition coefficient (Wildman–Crippen LogP) is 15.7. The fourth-order valence-electron chi connectivity index (χ4n) is 12.9. The maximum absolute atomic E-state index is 6.43. The topological polar surface area (TPSA) is 16.4 Å². The molecule has 61 heavy (non-hydrogen) atoms. The summed E-state index contributed by atoms with van der Waals surface area (Å²) in [7, 11) is 0. The molecule has 4 aliphatic carbocycles. The summed E-state index contributed by atoms with van der Waals surface area (Å²) in [6, 6.07) is 62.0. The van der Waals surface area contributed by atoms with Crippen LogP contribution in [0.5, 0.6) is 0 Å². The van der Waals surface area contributed by atoms with Gasteiger partial charge in [-0.2, -0.15) is 0 Å². The summed E-state index contributed by atoms with van der Waals surface area (Å²) < 4.78 is 6.43. The van der Waals surface area contributed by atoms with Crippen molar-refractivity contribution < 1.29 is 4.42 Å². The van der Waals surface area contributed by atoms with Crippen molar-refractivity contribution in [3.63, 3.8) is 0 Å². The molecule has 4 aliphatic rings. The highest BCUT2D eigenvalue weighted by atomic mass is 16.3. The third-order valence-corrected chi connectivity index (χ3v) is 15.3. The Bertz CT molecular complexity index is 3330. The highest BCUT2D eigenvalue weighted by Crippen LogP contribution is 2.64. The molecule has 13 rings (SSSR count). The van der Waals surface area contributed by atoms with Crippen molar-refractivity contribution in [2.75, 3.05) is 4.90 Å². The maximum atomic E-state index is 6.43. The van der Waals surface area contributed by atoms with Crippen LogP contribution in [0.3, 0.4) is 0 Å². The summed E-state index contributed by atoms with van der Waals surface area (Å²) in [5, 5.41) is 2.25. The van der Waals surface area contributed by atoms with Gasteiger partial charge in [-0.05, 0) is 138 Å². The number of para-hydroxylation sites is 1. The molecule has 8 aromatic carbocycles. The molecule has 0 bridgehead atoms. The molecule has 1 aromatic heterocycles. The van der Waals surface area contributed by atoms with Crippen LogP contribution in [0.2, 0.25) is 0 Å². The van der Waals surface area contributed by atoms with E-state index in [-0.39, 0.29) is 16.2 Å². The Kier molecular flexibility index (Phi) is 6.68. The first kappa shape index (κ1) is 35.1. The molecular weight excluding hydrogens is 739 g/mol. The Morgan fingerprint density at radius 2 is 0.934 bits per heavy atom. The SMILES string of the molecule is CC1(C)CC(C)(C)c2cc3c(cc21)-c1c(N(c2ccc4c(c2)C2(c5ccccc5-c5ccccc52)c2ccccc2-4)c2ccc4oc5ccccc5c4c2)cccc1C3(C)C. The Labute approximate surface area is 358 Å². The Balaban J connectivity index is 1.12. The monoisotopic (exact) mass is 785 g/mol. The minimum absolute atomic E-state index is 0.0833. The van der Waals surface area contributed by atoms with Crippen molar-refractivity contribution in [1.82, 2.24) is 0 Å². The van der Waals surface area contributed by atoms with Crippen molar-refractivity contribution in [1.29, 1.82) is 0 Å². The van der Waals surface area contributed by atoms with E-state index in [1.165, 1.54) is 83.6 Å². The van der Waals surface area contributed by atoms with Crippen molar-refractivity contribution in [3.05, 3.63) is 208 Å². The standard InChI is InChI=1S/C59H47NO/c1-56(2)34-57(3,4)51-33-48-43(32-50(51)56)55-47(58(48,5)6)23-15-24-52(55)60(35-27-29-54-42(30-35)41-19-10-14-25-53(41)61-54)36-26-28-40-39-18-9-13-22-46(39)59(49(40)31-36)44-20-11-7-16-37(44)38-17-8-12-21-45(38)59/h7-33H,34H2,1-6H3. The van der Waals surface area contributed by atoms with Gasteiger partial charge in [0.05, 0.1) is 11.1 Å². The average molecular weight is 786 g/mol. The van der Waals surface area contributed by atoms with E-state index in [1.807, 2.05) is 0 Å². The van der Waals surface area contributed by atoms with E-state index in [0.29, 0.717) is 0 Å². The molecular formula is C59H47NO. The molecule has 0 aliphatic heterocycles. The highest BCUT2D eigenvalue weighted by Gasteiger charge is 2.52. The lowest BCUT2D eigenvalue weighted by Crippen LogP contribution is -2.26. The molecule has 2 nitrogen and oxygen atoms in total. The van der Waals surface area contributed by atoms with Gasteiger partial charge < -0.3 is 9.32 Å². The summed E-state index contributed by atoms with van der Waals surface area (Å²) >= 11 is 0. The quantitative estimate of drug-likeness (QED) is 0.177. The minimum atomic E-state index is -0.447. The van der Waals surface area contributed by atoms with E-state index in [2.05, 4.69) is 210 Å². The van der Waals surface area contributed by atoms with Crippen molar-refractivity contribution in [2.45, 2.75) is 69.6 Å². The van der Waals surface area contributed by atoms with Crippen LogP contribution in [0.4, 0.5) is 17.1 Å². The van der Waals surface area contributed by atoms with Crippen LogP contribution in [0.1, 0.15) is 92.5 Å². The van der Waals surface area contributed by atoms with Gasteiger partial charge in [-0.15, -0.1) is 0 Å². The summed E-state index contributed by atoms with van der Waals surface area (Å²) in [6.45, 7) is 14.6. The van der Waals surface area contributed by atoms with Crippen LogP contribution in [-0.4, -0.2) is 0 Å². The van der Waals surface area contributed by atoms with Gasteiger partial charge in [-0.25, -0.2) is 0 Å². The van der Waals surface area contributed by atoms with Gasteiger partial charge in [0.1, 0.15) is 11.2 Å². The van der Waals surface area contributed by atoms with Crippen LogP contribution in [-0.2, 0) is 21.7 Å². The smallest absolute Gasteiger partial charge is 0.135 e. The molecule has 0 fully saturated rings. The fraction of sp³-hybridized carbons (Fsp3) is 0.186. The van der Waals surface area contributed by atoms with Gasteiger partial charge in [0.15, 0.2) is 0 Å². The van der Waals surface area contributed by atoms with E-state index >= 15 is 0 Å². The Hall–Kier alpha value is -6.64. The number of furan rings is 1. The van der Waals surface area contributed by atoms with Crippen LogP contribution < -0.4 is 4.90 Å². The number of nitrogens with zero attached hydrogens (tertiary/aromatic N) is 1. The maximum Gasteiger partial charge on any atom is 0.135 e. The van der Waals surface area contributed by atoms with Crippen LogP contribution in [0.15, 0.2) is 168 Å². The molecule has 0 N–H and O–H groups in total. The third kappa shape index (κ3) is 4.38. The molecule has 9 aromatic rings. The number of anilines is 3. The Morgan fingerprint density at radius 1 is 0.393 bits per heavy atom. The summed E-state index contributed by atoms with van der Waals surface area (Å²) in [4.78, 5) is 2.55. The molecule has 2 heteroatoms. The van der Waals surface area contributed by atoms with E-state index in [0.717, 1.165) is 39.7 Å². The number of hydrogen-bond acceptors (Lipinski definition) is 2. The summed E-state index contributed by atoms with van der Waals surface area (Å²) in [6.07, 6.45) is 1.14. The molecule has 0 saturated carbocycles. The lowest BCUT2D eigenvalue weighted by molar-refractivity contribution is 0.403. The normalized spacial score (nSPS) is 17.1. The average Bonchev–Trinajstić information content (AvgIpc) is 3.99. The number of hydrogen-bond donors (Lipinski definition) is 0. The zero-order chi connectivity index (χ0) is 41.2. The van der Waals surface area contributed by atoms with Gasteiger partial charge in [-0.1, -0.05) is 157 Å². The summed E-state index contributed by atoms with van der Waals surface area (Å²) in [5.41, 5.74) is 24.0.